The molecule has 0 spiro atoms. The van der Waals surface area contributed by atoms with Gasteiger partial charge in [-0.25, -0.2) is 0 Å². The van der Waals surface area contributed by atoms with Crippen molar-refractivity contribution in [2.24, 2.45) is 0 Å². The molecule has 0 bridgehead atoms. The Kier molecular flexibility index (Phi) is 3.49. The van der Waals surface area contributed by atoms with Gasteiger partial charge in [0.15, 0.2) is 0 Å². The first-order valence-corrected chi connectivity index (χ1v) is 6.15. The largest absolute Gasteiger partial charge is 0.496 e. The zero-order chi connectivity index (χ0) is 13.4. The van der Waals surface area contributed by atoms with Crippen molar-refractivity contribution in [2.75, 3.05) is 7.11 Å². The standard InChI is InChI=1S/C13H20BNO3/c1-12(2)13(3,4)18-14(17-12)11-8-15-7-6-10(11)9-16-5/h6-8H,9H2,1-5H3. The van der Waals surface area contributed by atoms with E-state index in [2.05, 4.69) is 4.98 Å². The quantitative estimate of drug-likeness (QED) is 0.761. The summed E-state index contributed by atoms with van der Waals surface area (Å²) in [5.74, 6) is 0. The van der Waals surface area contributed by atoms with E-state index in [1.165, 1.54) is 0 Å². The molecule has 2 heterocycles. The average Bonchev–Trinajstić information content (AvgIpc) is 2.49. The van der Waals surface area contributed by atoms with Gasteiger partial charge in [0, 0.05) is 25.0 Å². The maximum atomic E-state index is 6.02. The third-order valence-corrected chi connectivity index (χ3v) is 3.75. The van der Waals surface area contributed by atoms with Crippen molar-refractivity contribution in [1.82, 2.24) is 4.98 Å². The number of rotatable bonds is 3. The molecule has 2 rings (SSSR count). The predicted octanol–water partition coefficient (Wildman–Crippen LogP) is 1.53. The molecule has 1 fully saturated rings. The zero-order valence-corrected chi connectivity index (χ0v) is 11.7. The number of hydrogen-bond acceptors (Lipinski definition) is 4. The first-order chi connectivity index (χ1) is 8.37. The van der Waals surface area contributed by atoms with Crippen molar-refractivity contribution in [3.8, 4) is 0 Å². The van der Waals surface area contributed by atoms with Crippen LogP contribution in [0.15, 0.2) is 18.5 Å². The first kappa shape index (κ1) is 13.5. The van der Waals surface area contributed by atoms with Crippen molar-refractivity contribution < 1.29 is 14.0 Å². The lowest BCUT2D eigenvalue weighted by Crippen LogP contribution is -2.41. The van der Waals surface area contributed by atoms with E-state index in [1.807, 2.05) is 33.8 Å². The van der Waals surface area contributed by atoms with Crippen LogP contribution in [0.1, 0.15) is 33.3 Å². The predicted molar refractivity (Wildman–Crippen MR) is 70.7 cm³/mol. The molecule has 1 aromatic heterocycles. The summed E-state index contributed by atoms with van der Waals surface area (Å²) >= 11 is 0. The van der Waals surface area contributed by atoms with Crippen LogP contribution in [0.25, 0.3) is 0 Å². The molecular weight excluding hydrogens is 229 g/mol. The zero-order valence-electron chi connectivity index (χ0n) is 11.7. The summed E-state index contributed by atoms with van der Waals surface area (Å²) < 4.78 is 17.2. The Hall–Kier alpha value is -0.905. The van der Waals surface area contributed by atoms with Crippen molar-refractivity contribution in [2.45, 2.75) is 45.5 Å². The highest BCUT2D eigenvalue weighted by Gasteiger charge is 2.52. The second kappa shape index (κ2) is 4.65. The fourth-order valence-corrected chi connectivity index (χ4v) is 1.90. The van der Waals surface area contributed by atoms with Crippen LogP contribution in [-0.2, 0) is 20.7 Å². The highest BCUT2D eigenvalue weighted by molar-refractivity contribution is 6.62. The lowest BCUT2D eigenvalue weighted by atomic mass is 9.77. The lowest BCUT2D eigenvalue weighted by molar-refractivity contribution is 0.00578. The molecule has 0 aliphatic carbocycles. The van der Waals surface area contributed by atoms with Crippen molar-refractivity contribution in [1.29, 1.82) is 0 Å². The number of ether oxygens (including phenoxy) is 1. The van der Waals surface area contributed by atoms with Gasteiger partial charge >= 0.3 is 7.12 Å². The summed E-state index contributed by atoms with van der Waals surface area (Å²) in [6.45, 7) is 8.69. The topological polar surface area (TPSA) is 40.6 Å². The molecule has 4 nitrogen and oxygen atoms in total. The van der Waals surface area contributed by atoms with E-state index in [0.717, 1.165) is 11.0 Å². The Bertz CT molecular complexity index is 418. The molecule has 0 atom stereocenters. The fraction of sp³-hybridized carbons (Fsp3) is 0.615. The van der Waals surface area contributed by atoms with Gasteiger partial charge in [-0.15, -0.1) is 0 Å². The van der Waals surface area contributed by atoms with Crippen LogP contribution in [0.4, 0.5) is 0 Å². The van der Waals surface area contributed by atoms with E-state index in [0.29, 0.717) is 6.61 Å². The molecular formula is C13H20BNO3. The molecule has 1 aromatic rings. The second-order valence-electron chi connectivity index (χ2n) is 5.60. The summed E-state index contributed by atoms with van der Waals surface area (Å²) in [6.07, 6.45) is 3.54. The smallest absolute Gasteiger partial charge is 0.399 e. The highest BCUT2D eigenvalue weighted by Crippen LogP contribution is 2.36. The summed E-state index contributed by atoms with van der Waals surface area (Å²) in [4.78, 5) is 4.15. The summed E-state index contributed by atoms with van der Waals surface area (Å²) in [7, 11) is 1.29. The van der Waals surface area contributed by atoms with Crippen molar-refractivity contribution >= 4 is 12.6 Å². The van der Waals surface area contributed by atoms with Crippen LogP contribution >= 0.6 is 0 Å². The Morgan fingerprint density at radius 2 is 1.83 bits per heavy atom. The van der Waals surface area contributed by atoms with Crippen LogP contribution in [0, 0.1) is 0 Å². The maximum Gasteiger partial charge on any atom is 0.496 e. The van der Waals surface area contributed by atoms with E-state index in [1.54, 1.807) is 19.5 Å². The molecule has 5 heteroatoms. The first-order valence-electron chi connectivity index (χ1n) is 6.15. The van der Waals surface area contributed by atoms with Gasteiger partial charge in [-0.1, -0.05) is 0 Å². The number of aromatic nitrogens is 1. The number of pyridine rings is 1. The number of hydrogen-bond donors (Lipinski definition) is 0. The van der Waals surface area contributed by atoms with Crippen LogP contribution in [-0.4, -0.2) is 30.4 Å². The van der Waals surface area contributed by atoms with E-state index >= 15 is 0 Å². The monoisotopic (exact) mass is 249 g/mol. The van der Waals surface area contributed by atoms with Crippen LogP contribution in [0.5, 0.6) is 0 Å². The van der Waals surface area contributed by atoms with Gasteiger partial charge in [0.1, 0.15) is 0 Å². The van der Waals surface area contributed by atoms with Crippen LogP contribution < -0.4 is 5.46 Å². The van der Waals surface area contributed by atoms with Crippen LogP contribution in [0.2, 0.25) is 0 Å². The lowest BCUT2D eigenvalue weighted by Gasteiger charge is -2.32. The van der Waals surface area contributed by atoms with Gasteiger partial charge < -0.3 is 14.0 Å². The van der Waals surface area contributed by atoms with E-state index in [4.69, 9.17) is 14.0 Å². The molecule has 0 saturated carbocycles. The average molecular weight is 249 g/mol. The Balaban J connectivity index is 2.29. The van der Waals surface area contributed by atoms with E-state index in [-0.39, 0.29) is 18.3 Å². The molecule has 1 aliphatic heterocycles. The van der Waals surface area contributed by atoms with Gasteiger partial charge in [0.25, 0.3) is 0 Å². The third-order valence-electron chi connectivity index (χ3n) is 3.75. The minimum atomic E-state index is -0.381. The highest BCUT2D eigenvalue weighted by atomic mass is 16.7. The number of methoxy groups -OCH3 is 1. The molecule has 0 aromatic carbocycles. The fourth-order valence-electron chi connectivity index (χ4n) is 1.90. The Morgan fingerprint density at radius 3 is 2.39 bits per heavy atom. The minimum absolute atomic E-state index is 0.335. The van der Waals surface area contributed by atoms with E-state index in [9.17, 15) is 0 Å². The van der Waals surface area contributed by atoms with Gasteiger partial charge in [0.2, 0.25) is 0 Å². The third kappa shape index (κ3) is 2.30. The van der Waals surface area contributed by atoms with Crippen molar-refractivity contribution in [3.63, 3.8) is 0 Å². The van der Waals surface area contributed by atoms with Gasteiger partial charge in [-0.3, -0.25) is 4.98 Å². The summed E-state index contributed by atoms with van der Waals surface area (Å²) in [6, 6.07) is 1.93. The molecule has 1 saturated heterocycles. The minimum Gasteiger partial charge on any atom is -0.399 e. The molecule has 0 unspecified atom stereocenters. The molecule has 18 heavy (non-hydrogen) atoms. The van der Waals surface area contributed by atoms with Crippen molar-refractivity contribution in [3.05, 3.63) is 24.0 Å². The van der Waals surface area contributed by atoms with E-state index < -0.39 is 0 Å². The van der Waals surface area contributed by atoms with Crippen LogP contribution in [0.3, 0.4) is 0 Å². The summed E-state index contributed by atoms with van der Waals surface area (Å²) in [5, 5.41) is 0. The second-order valence-corrected chi connectivity index (χ2v) is 5.60. The SMILES string of the molecule is COCc1ccncc1B1OC(C)(C)C(C)(C)O1. The molecule has 98 valence electrons. The molecule has 0 amide bonds. The Morgan fingerprint density at radius 1 is 1.22 bits per heavy atom. The Labute approximate surface area is 109 Å². The molecule has 1 aliphatic rings. The molecule has 0 N–H and O–H groups in total. The number of nitrogens with zero attached hydrogens (tertiary/aromatic N) is 1. The summed E-state index contributed by atoms with van der Waals surface area (Å²) in [5.41, 5.74) is 1.32. The van der Waals surface area contributed by atoms with Gasteiger partial charge in [-0.05, 0) is 39.3 Å². The van der Waals surface area contributed by atoms with Gasteiger partial charge in [0.05, 0.1) is 17.8 Å². The maximum absolute atomic E-state index is 6.02. The normalized spacial score (nSPS) is 21.3. The molecule has 0 radical (unpaired) electrons. The van der Waals surface area contributed by atoms with Gasteiger partial charge in [-0.2, -0.15) is 0 Å².